The standard InChI is InChI=1S/C20H18BrFN6O6/c1-27(20(30)31)9-18(29)23-4-5-34-17-8-15-12(7-16(17)28(32)33)19(25-10-24-15)26-14-3-2-11(21)6-13(14)22/h2-3,6-8,10H,4-5,9H2,1H3,(H,23,29)(H,30,31)(H,24,25,26). The van der Waals surface area contributed by atoms with Crippen LogP contribution in [0.5, 0.6) is 5.75 Å². The van der Waals surface area contributed by atoms with Crippen LogP contribution in [-0.2, 0) is 4.79 Å². The summed E-state index contributed by atoms with van der Waals surface area (Å²) in [6, 6.07) is 6.94. The molecule has 0 radical (unpaired) electrons. The lowest BCUT2D eigenvalue weighted by molar-refractivity contribution is -0.385. The van der Waals surface area contributed by atoms with Gasteiger partial charge in [0.2, 0.25) is 5.91 Å². The molecule has 0 fully saturated rings. The van der Waals surface area contributed by atoms with Gasteiger partial charge in [0, 0.05) is 23.7 Å². The van der Waals surface area contributed by atoms with E-state index in [0.717, 1.165) is 4.90 Å². The predicted octanol–water partition coefficient (Wildman–Crippen LogP) is 3.29. The van der Waals surface area contributed by atoms with Crippen LogP contribution in [0.25, 0.3) is 10.9 Å². The molecule has 0 saturated carbocycles. The normalized spacial score (nSPS) is 10.6. The summed E-state index contributed by atoms with van der Waals surface area (Å²) in [6.07, 6.45) is -0.0344. The first-order chi connectivity index (χ1) is 16.2. The highest BCUT2D eigenvalue weighted by Gasteiger charge is 2.20. The van der Waals surface area contributed by atoms with E-state index >= 15 is 0 Å². The Morgan fingerprint density at radius 3 is 2.74 bits per heavy atom. The van der Waals surface area contributed by atoms with Gasteiger partial charge in [-0.15, -0.1) is 0 Å². The molecule has 3 rings (SSSR count). The topological polar surface area (TPSA) is 160 Å². The lowest BCUT2D eigenvalue weighted by atomic mass is 10.2. The molecule has 2 aromatic carbocycles. The molecule has 3 N–H and O–H groups in total. The van der Waals surface area contributed by atoms with E-state index in [0.29, 0.717) is 9.99 Å². The highest BCUT2D eigenvalue weighted by Crippen LogP contribution is 2.35. The van der Waals surface area contributed by atoms with Crippen LogP contribution in [0, 0.1) is 15.9 Å². The third-order valence-corrected chi connectivity index (χ3v) is 4.98. The highest BCUT2D eigenvalue weighted by atomic mass is 79.9. The second kappa shape index (κ2) is 10.7. The number of nitro benzene ring substituents is 1. The van der Waals surface area contributed by atoms with Gasteiger partial charge in [-0.1, -0.05) is 15.9 Å². The van der Waals surface area contributed by atoms with Crippen LogP contribution in [0.4, 0.5) is 26.4 Å². The molecule has 1 heterocycles. The summed E-state index contributed by atoms with van der Waals surface area (Å²) in [7, 11) is 1.24. The third-order valence-electron chi connectivity index (χ3n) is 4.49. The fourth-order valence-electron chi connectivity index (χ4n) is 2.84. The molecule has 0 unspecified atom stereocenters. The van der Waals surface area contributed by atoms with Gasteiger partial charge in [-0.3, -0.25) is 14.9 Å². The Kier molecular flexibility index (Phi) is 7.73. The molecule has 178 valence electrons. The van der Waals surface area contributed by atoms with Crippen molar-refractivity contribution >= 4 is 56.0 Å². The van der Waals surface area contributed by atoms with Crippen molar-refractivity contribution in [1.82, 2.24) is 20.2 Å². The van der Waals surface area contributed by atoms with Crippen LogP contribution in [0.2, 0.25) is 0 Å². The molecule has 1 aromatic heterocycles. The number of carboxylic acid groups (broad SMARTS) is 1. The molecule has 3 aromatic rings. The second-order valence-electron chi connectivity index (χ2n) is 6.90. The van der Waals surface area contributed by atoms with Crippen molar-refractivity contribution in [2.45, 2.75) is 0 Å². The summed E-state index contributed by atoms with van der Waals surface area (Å²) in [4.78, 5) is 42.4. The van der Waals surface area contributed by atoms with Crippen LogP contribution in [0.15, 0.2) is 41.1 Å². The van der Waals surface area contributed by atoms with Crippen LogP contribution in [-0.4, -0.2) is 63.6 Å². The molecule has 0 spiro atoms. The van der Waals surface area contributed by atoms with Gasteiger partial charge in [-0.25, -0.2) is 19.2 Å². The number of hydrogen-bond donors (Lipinski definition) is 3. The number of carbonyl (C=O) groups excluding carboxylic acids is 1. The number of nitrogens with zero attached hydrogens (tertiary/aromatic N) is 4. The molecule has 0 bridgehead atoms. The van der Waals surface area contributed by atoms with Gasteiger partial charge in [0.25, 0.3) is 0 Å². The van der Waals surface area contributed by atoms with Crippen molar-refractivity contribution in [3.05, 3.63) is 57.1 Å². The molecule has 0 aliphatic rings. The predicted molar refractivity (Wildman–Crippen MR) is 123 cm³/mol. The average molecular weight is 537 g/mol. The molecule has 0 saturated heterocycles. The molecule has 0 aliphatic carbocycles. The van der Waals surface area contributed by atoms with Gasteiger partial charge in [0.05, 0.1) is 28.1 Å². The molecule has 14 heteroatoms. The molecule has 34 heavy (non-hydrogen) atoms. The molecule has 2 amide bonds. The molecule has 0 aliphatic heterocycles. The SMILES string of the molecule is CN(CC(=O)NCCOc1cc2ncnc(Nc3ccc(Br)cc3F)c2cc1[N+](=O)[O-])C(=O)O. The van der Waals surface area contributed by atoms with Crippen molar-refractivity contribution in [3.8, 4) is 5.75 Å². The van der Waals surface area contributed by atoms with E-state index in [1.807, 2.05) is 0 Å². The maximum absolute atomic E-state index is 14.2. The number of carbonyl (C=O) groups is 2. The van der Waals surface area contributed by atoms with Gasteiger partial charge in [0.1, 0.15) is 31.1 Å². The van der Waals surface area contributed by atoms with E-state index in [9.17, 15) is 24.1 Å². The second-order valence-corrected chi connectivity index (χ2v) is 7.82. The fourth-order valence-corrected chi connectivity index (χ4v) is 3.17. The Morgan fingerprint density at radius 2 is 2.06 bits per heavy atom. The number of aromatic nitrogens is 2. The first-order valence-corrected chi connectivity index (χ1v) is 10.4. The summed E-state index contributed by atoms with van der Waals surface area (Å²) in [6.45, 7) is -0.493. The van der Waals surface area contributed by atoms with E-state index in [-0.39, 0.29) is 48.0 Å². The Balaban J connectivity index is 1.77. The van der Waals surface area contributed by atoms with E-state index in [1.54, 1.807) is 6.07 Å². The van der Waals surface area contributed by atoms with E-state index < -0.39 is 22.7 Å². The lowest BCUT2D eigenvalue weighted by Crippen LogP contribution is -2.39. The number of nitro groups is 1. The van der Waals surface area contributed by atoms with Crippen molar-refractivity contribution in [2.24, 2.45) is 0 Å². The van der Waals surface area contributed by atoms with Crippen LogP contribution in [0.3, 0.4) is 0 Å². The van der Waals surface area contributed by atoms with Crippen LogP contribution < -0.4 is 15.4 Å². The molecular weight excluding hydrogens is 519 g/mol. The molecule has 12 nitrogen and oxygen atoms in total. The fraction of sp³-hybridized carbons (Fsp3) is 0.200. The number of fused-ring (bicyclic) bond motifs is 1. The number of benzene rings is 2. The first kappa shape index (κ1) is 24.6. The Bertz CT molecular complexity index is 1260. The largest absolute Gasteiger partial charge is 0.485 e. The Hall–Kier alpha value is -4.07. The zero-order valence-corrected chi connectivity index (χ0v) is 19.2. The van der Waals surface area contributed by atoms with E-state index in [2.05, 4.69) is 36.5 Å². The van der Waals surface area contributed by atoms with Gasteiger partial charge in [-0.2, -0.15) is 0 Å². The third kappa shape index (κ3) is 6.04. The number of rotatable bonds is 9. The quantitative estimate of drug-likeness (QED) is 0.211. The first-order valence-electron chi connectivity index (χ1n) is 9.64. The molecular formula is C20H18BrFN6O6. The summed E-state index contributed by atoms with van der Waals surface area (Å²) < 4.78 is 20.2. The summed E-state index contributed by atoms with van der Waals surface area (Å²) in [5, 5.41) is 25.9. The Morgan fingerprint density at radius 1 is 1.29 bits per heavy atom. The number of ether oxygens (including phenoxy) is 1. The highest BCUT2D eigenvalue weighted by molar-refractivity contribution is 9.10. The zero-order valence-electron chi connectivity index (χ0n) is 17.6. The smallest absolute Gasteiger partial charge is 0.407 e. The maximum Gasteiger partial charge on any atom is 0.407 e. The maximum atomic E-state index is 14.2. The zero-order chi connectivity index (χ0) is 24.8. The van der Waals surface area contributed by atoms with Crippen molar-refractivity contribution in [3.63, 3.8) is 0 Å². The van der Waals surface area contributed by atoms with Gasteiger partial charge >= 0.3 is 11.8 Å². The Labute approximate surface area is 200 Å². The summed E-state index contributed by atoms with van der Waals surface area (Å²) in [5.41, 5.74) is 0.0526. The van der Waals surface area contributed by atoms with Gasteiger partial charge in [0.15, 0.2) is 5.75 Å². The average Bonchev–Trinajstić information content (AvgIpc) is 2.78. The van der Waals surface area contributed by atoms with Crippen molar-refractivity contribution in [2.75, 3.05) is 32.1 Å². The number of likely N-dealkylation sites (N-methyl/N-ethyl adjacent to an activating group) is 1. The number of hydrogen-bond acceptors (Lipinski definition) is 8. The van der Waals surface area contributed by atoms with Gasteiger partial charge in [-0.05, 0) is 18.2 Å². The lowest BCUT2D eigenvalue weighted by Gasteiger charge is -2.13. The van der Waals surface area contributed by atoms with Crippen LogP contribution >= 0.6 is 15.9 Å². The van der Waals surface area contributed by atoms with Crippen LogP contribution in [0.1, 0.15) is 0 Å². The number of nitrogens with one attached hydrogen (secondary N) is 2. The number of amides is 2. The van der Waals surface area contributed by atoms with Crippen molar-refractivity contribution < 1.29 is 28.7 Å². The van der Waals surface area contributed by atoms with E-state index in [4.69, 9.17) is 9.84 Å². The molecule has 0 atom stereocenters. The number of anilines is 2. The minimum Gasteiger partial charge on any atom is -0.485 e. The minimum absolute atomic E-state index is 0.0130. The summed E-state index contributed by atoms with van der Waals surface area (Å²) in [5.74, 6) is -1.03. The van der Waals surface area contributed by atoms with Gasteiger partial charge < -0.3 is 25.4 Å². The monoisotopic (exact) mass is 536 g/mol. The number of halogens is 2. The summed E-state index contributed by atoms with van der Waals surface area (Å²) >= 11 is 3.17. The van der Waals surface area contributed by atoms with Crippen molar-refractivity contribution in [1.29, 1.82) is 0 Å². The minimum atomic E-state index is -1.25. The van der Waals surface area contributed by atoms with E-state index in [1.165, 1.54) is 37.6 Å².